The standard InChI is InChI=1S/C21H26N2O4/c1-13-8-17(13)18-7-5-16(27-18)10-23(3)11-21(24)22-14(2)15-4-6-19-20(9-15)26-12-25-19/h4-7,9,13-14,17H,8,10-12H2,1-3H3,(H,22,24). The highest BCUT2D eigenvalue weighted by molar-refractivity contribution is 5.78. The zero-order chi connectivity index (χ0) is 19.0. The van der Waals surface area contributed by atoms with Crippen molar-refractivity contribution in [3.8, 4) is 11.5 Å². The highest BCUT2D eigenvalue weighted by atomic mass is 16.7. The van der Waals surface area contributed by atoms with Crippen LogP contribution in [-0.4, -0.2) is 31.2 Å². The van der Waals surface area contributed by atoms with Gasteiger partial charge < -0.3 is 19.2 Å². The van der Waals surface area contributed by atoms with Crippen molar-refractivity contribution >= 4 is 5.91 Å². The number of carbonyl (C=O) groups excluding carboxylic acids is 1. The van der Waals surface area contributed by atoms with Crippen LogP contribution in [0.25, 0.3) is 0 Å². The Morgan fingerprint density at radius 2 is 2.04 bits per heavy atom. The van der Waals surface area contributed by atoms with E-state index in [0.717, 1.165) is 34.5 Å². The molecule has 0 radical (unpaired) electrons. The van der Waals surface area contributed by atoms with Gasteiger partial charge in [0, 0.05) is 5.92 Å². The van der Waals surface area contributed by atoms with Crippen LogP contribution in [0.4, 0.5) is 0 Å². The number of hydrogen-bond donors (Lipinski definition) is 1. The van der Waals surface area contributed by atoms with E-state index in [1.807, 2.05) is 43.1 Å². The molecule has 2 aromatic rings. The number of rotatable bonds is 7. The van der Waals surface area contributed by atoms with E-state index in [9.17, 15) is 4.79 Å². The van der Waals surface area contributed by atoms with Crippen molar-refractivity contribution in [1.29, 1.82) is 0 Å². The highest BCUT2D eigenvalue weighted by Gasteiger charge is 2.36. The van der Waals surface area contributed by atoms with Crippen LogP contribution in [0.15, 0.2) is 34.7 Å². The van der Waals surface area contributed by atoms with E-state index in [4.69, 9.17) is 13.9 Å². The number of carbonyl (C=O) groups is 1. The molecule has 3 atom stereocenters. The monoisotopic (exact) mass is 370 g/mol. The number of benzene rings is 1. The van der Waals surface area contributed by atoms with Gasteiger partial charge in [0.1, 0.15) is 11.5 Å². The van der Waals surface area contributed by atoms with Crippen LogP contribution in [0.1, 0.15) is 49.3 Å². The second-order valence-corrected chi connectivity index (χ2v) is 7.70. The molecule has 2 aliphatic rings. The fourth-order valence-electron chi connectivity index (χ4n) is 3.52. The number of hydrogen-bond acceptors (Lipinski definition) is 5. The van der Waals surface area contributed by atoms with E-state index in [2.05, 4.69) is 18.3 Å². The third kappa shape index (κ3) is 4.11. The minimum Gasteiger partial charge on any atom is -0.464 e. The molecule has 4 rings (SSSR count). The van der Waals surface area contributed by atoms with Crippen LogP contribution < -0.4 is 14.8 Å². The Morgan fingerprint density at radius 1 is 1.26 bits per heavy atom. The summed E-state index contributed by atoms with van der Waals surface area (Å²) in [6, 6.07) is 9.73. The predicted octanol–water partition coefficient (Wildman–Crippen LogP) is 3.44. The smallest absolute Gasteiger partial charge is 0.234 e. The van der Waals surface area contributed by atoms with Gasteiger partial charge >= 0.3 is 0 Å². The molecule has 6 heteroatoms. The van der Waals surface area contributed by atoms with Crippen molar-refractivity contribution in [1.82, 2.24) is 10.2 Å². The fourth-order valence-corrected chi connectivity index (χ4v) is 3.52. The van der Waals surface area contributed by atoms with Gasteiger partial charge in [-0.1, -0.05) is 13.0 Å². The number of fused-ring (bicyclic) bond motifs is 1. The zero-order valence-electron chi connectivity index (χ0n) is 16.0. The first-order chi connectivity index (χ1) is 13.0. The quantitative estimate of drug-likeness (QED) is 0.809. The lowest BCUT2D eigenvalue weighted by molar-refractivity contribution is -0.122. The average Bonchev–Trinajstić information content (AvgIpc) is 3.01. The average molecular weight is 370 g/mol. The van der Waals surface area contributed by atoms with Crippen molar-refractivity contribution in [3.05, 3.63) is 47.4 Å². The lowest BCUT2D eigenvalue weighted by Gasteiger charge is -2.18. The first-order valence-electron chi connectivity index (χ1n) is 9.45. The normalized spacial score (nSPS) is 21.3. The second kappa shape index (κ2) is 7.27. The van der Waals surface area contributed by atoms with Gasteiger partial charge in [0.15, 0.2) is 11.5 Å². The zero-order valence-corrected chi connectivity index (χ0v) is 16.0. The summed E-state index contributed by atoms with van der Waals surface area (Å²) in [7, 11) is 1.92. The summed E-state index contributed by atoms with van der Waals surface area (Å²) in [5.74, 6) is 4.74. The lowest BCUT2D eigenvalue weighted by Crippen LogP contribution is -2.36. The minimum absolute atomic E-state index is 0.0229. The molecule has 1 aliphatic heterocycles. The van der Waals surface area contributed by atoms with Gasteiger partial charge in [-0.15, -0.1) is 0 Å². The molecule has 1 aromatic carbocycles. The van der Waals surface area contributed by atoms with Crippen LogP contribution >= 0.6 is 0 Å². The molecule has 1 fully saturated rings. The number of ether oxygens (including phenoxy) is 2. The molecule has 6 nitrogen and oxygen atoms in total. The molecular weight excluding hydrogens is 344 g/mol. The number of furan rings is 1. The van der Waals surface area contributed by atoms with Crippen molar-refractivity contribution in [3.63, 3.8) is 0 Å². The van der Waals surface area contributed by atoms with E-state index in [1.54, 1.807) is 0 Å². The van der Waals surface area contributed by atoms with Gasteiger partial charge in [-0.3, -0.25) is 9.69 Å². The van der Waals surface area contributed by atoms with Crippen LogP contribution in [0.3, 0.4) is 0 Å². The van der Waals surface area contributed by atoms with Gasteiger partial charge in [0.05, 0.1) is 19.1 Å². The molecule has 0 saturated heterocycles. The van der Waals surface area contributed by atoms with Crippen molar-refractivity contribution < 1.29 is 18.7 Å². The number of amides is 1. The van der Waals surface area contributed by atoms with Crippen LogP contribution in [0.2, 0.25) is 0 Å². The van der Waals surface area contributed by atoms with Gasteiger partial charge in [0.2, 0.25) is 12.7 Å². The first-order valence-corrected chi connectivity index (χ1v) is 9.45. The Hall–Kier alpha value is -2.47. The summed E-state index contributed by atoms with van der Waals surface area (Å²) in [6.45, 7) is 5.38. The molecule has 1 amide bonds. The third-order valence-electron chi connectivity index (χ3n) is 5.27. The Morgan fingerprint density at radius 3 is 2.81 bits per heavy atom. The Labute approximate surface area is 159 Å². The maximum absolute atomic E-state index is 12.4. The van der Waals surface area contributed by atoms with Crippen LogP contribution in [-0.2, 0) is 11.3 Å². The summed E-state index contributed by atoms with van der Waals surface area (Å²) in [5.41, 5.74) is 0.990. The molecule has 1 saturated carbocycles. The van der Waals surface area contributed by atoms with Gasteiger partial charge in [-0.05, 0) is 56.1 Å². The summed E-state index contributed by atoms with van der Waals surface area (Å²) in [4.78, 5) is 14.3. The van der Waals surface area contributed by atoms with Crippen molar-refractivity contribution in [2.24, 2.45) is 5.92 Å². The van der Waals surface area contributed by atoms with E-state index in [-0.39, 0.29) is 18.7 Å². The molecule has 2 heterocycles. The molecule has 1 aliphatic carbocycles. The van der Waals surface area contributed by atoms with E-state index in [1.165, 1.54) is 6.42 Å². The van der Waals surface area contributed by atoms with Crippen LogP contribution in [0, 0.1) is 5.92 Å². The SMILES string of the molecule is CC(NC(=O)CN(C)Cc1ccc(C2CC2C)o1)c1ccc2c(c1)OCO2. The third-order valence-corrected chi connectivity index (χ3v) is 5.27. The molecule has 0 bridgehead atoms. The summed E-state index contributed by atoms with van der Waals surface area (Å²) >= 11 is 0. The van der Waals surface area contributed by atoms with Gasteiger partial charge in [-0.25, -0.2) is 0 Å². The number of nitrogens with one attached hydrogen (secondary N) is 1. The first kappa shape index (κ1) is 17.9. The number of nitrogens with zero attached hydrogens (tertiary/aromatic N) is 1. The number of likely N-dealkylation sites (N-methyl/N-ethyl adjacent to an activating group) is 1. The lowest BCUT2D eigenvalue weighted by atomic mass is 10.1. The minimum atomic E-state index is -0.105. The maximum Gasteiger partial charge on any atom is 0.234 e. The molecule has 0 spiro atoms. The maximum atomic E-state index is 12.4. The summed E-state index contributed by atoms with van der Waals surface area (Å²) in [5, 5.41) is 3.04. The Kier molecular flexibility index (Phi) is 4.83. The predicted molar refractivity (Wildman–Crippen MR) is 101 cm³/mol. The van der Waals surface area contributed by atoms with E-state index >= 15 is 0 Å². The van der Waals surface area contributed by atoms with Crippen molar-refractivity contribution in [2.75, 3.05) is 20.4 Å². The van der Waals surface area contributed by atoms with E-state index in [0.29, 0.717) is 19.0 Å². The van der Waals surface area contributed by atoms with E-state index < -0.39 is 0 Å². The van der Waals surface area contributed by atoms with Gasteiger partial charge in [-0.2, -0.15) is 0 Å². The second-order valence-electron chi connectivity index (χ2n) is 7.70. The molecular formula is C21H26N2O4. The Bertz CT molecular complexity index is 831. The molecule has 144 valence electrons. The molecule has 3 unspecified atom stereocenters. The summed E-state index contributed by atoms with van der Waals surface area (Å²) < 4.78 is 16.7. The highest BCUT2D eigenvalue weighted by Crippen LogP contribution is 2.47. The summed E-state index contributed by atoms with van der Waals surface area (Å²) in [6.07, 6.45) is 1.21. The molecule has 1 aromatic heterocycles. The van der Waals surface area contributed by atoms with Crippen molar-refractivity contribution in [2.45, 2.75) is 38.8 Å². The van der Waals surface area contributed by atoms with Gasteiger partial charge in [0.25, 0.3) is 0 Å². The Balaban J connectivity index is 1.27. The molecule has 1 N–H and O–H groups in total. The largest absolute Gasteiger partial charge is 0.464 e. The topological polar surface area (TPSA) is 63.9 Å². The fraction of sp³-hybridized carbons (Fsp3) is 0.476. The molecule has 27 heavy (non-hydrogen) atoms. The van der Waals surface area contributed by atoms with Crippen LogP contribution in [0.5, 0.6) is 11.5 Å².